The van der Waals surface area contributed by atoms with Gasteiger partial charge in [0.15, 0.2) is 0 Å². The molecule has 2 heterocycles. The largest absolute Gasteiger partial charge is 0.435 e. The molecule has 0 saturated carbocycles. The van der Waals surface area contributed by atoms with Crippen molar-refractivity contribution in [3.8, 4) is 11.8 Å². The van der Waals surface area contributed by atoms with E-state index in [0.717, 1.165) is 0 Å². The summed E-state index contributed by atoms with van der Waals surface area (Å²) in [6, 6.07) is 17.0. The summed E-state index contributed by atoms with van der Waals surface area (Å²) in [6.07, 6.45) is 2.99. The lowest BCUT2D eigenvalue weighted by Crippen LogP contribution is -2.15. The SMILES string of the molecule is N#Cc1cnc2ccc(OC(F)F)cc2c1NC(c1cccc(F)c1)c1ccccn1. The van der Waals surface area contributed by atoms with E-state index in [0.29, 0.717) is 27.8 Å². The molecule has 1 unspecified atom stereocenters. The van der Waals surface area contributed by atoms with E-state index in [1.165, 1.54) is 36.5 Å². The molecule has 1 atom stereocenters. The van der Waals surface area contributed by atoms with Gasteiger partial charge in [0.25, 0.3) is 0 Å². The van der Waals surface area contributed by atoms with Crippen molar-refractivity contribution in [2.75, 3.05) is 5.32 Å². The minimum atomic E-state index is -2.99. The first kappa shape index (κ1) is 20.2. The summed E-state index contributed by atoms with van der Waals surface area (Å²) < 4.78 is 43.9. The number of ether oxygens (including phenoxy) is 1. The second-order valence-corrected chi connectivity index (χ2v) is 6.60. The number of nitrogens with zero attached hydrogens (tertiary/aromatic N) is 3. The molecule has 0 fully saturated rings. The highest BCUT2D eigenvalue weighted by Gasteiger charge is 2.20. The standard InChI is InChI=1S/C23H15F3N4O/c24-16-5-3-4-14(10-16)22(20-6-1-2-9-28-20)30-21-15(12-27)13-29-19-8-7-17(11-18(19)21)31-23(25)26/h1-11,13,22-23H,(H,29,30). The lowest BCUT2D eigenvalue weighted by Gasteiger charge is -2.22. The number of anilines is 1. The van der Waals surface area contributed by atoms with Crippen molar-refractivity contribution in [3.63, 3.8) is 0 Å². The molecular formula is C23H15F3N4O. The number of pyridine rings is 2. The summed E-state index contributed by atoms with van der Waals surface area (Å²) in [6.45, 7) is -2.99. The number of aromatic nitrogens is 2. The Balaban J connectivity index is 1.87. The lowest BCUT2D eigenvalue weighted by atomic mass is 10.0. The van der Waals surface area contributed by atoms with Crippen LogP contribution in [0, 0.1) is 17.1 Å². The number of alkyl halides is 2. The van der Waals surface area contributed by atoms with Gasteiger partial charge in [-0.2, -0.15) is 14.0 Å². The van der Waals surface area contributed by atoms with Gasteiger partial charge in [0, 0.05) is 17.8 Å². The van der Waals surface area contributed by atoms with Gasteiger partial charge in [-0.25, -0.2) is 4.39 Å². The molecule has 4 rings (SSSR count). The number of hydrogen-bond donors (Lipinski definition) is 1. The van der Waals surface area contributed by atoms with Crippen LogP contribution in [0.25, 0.3) is 10.9 Å². The van der Waals surface area contributed by atoms with Gasteiger partial charge in [0.05, 0.1) is 28.5 Å². The van der Waals surface area contributed by atoms with E-state index in [2.05, 4.69) is 26.1 Å². The maximum Gasteiger partial charge on any atom is 0.387 e. The van der Waals surface area contributed by atoms with Gasteiger partial charge in [-0.3, -0.25) is 9.97 Å². The molecule has 0 bridgehead atoms. The molecule has 1 N–H and O–H groups in total. The fourth-order valence-corrected chi connectivity index (χ4v) is 3.29. The molecule has 5 nitrogen and oxygen atoms in total. The molecule has 0 aliphatic rings. The molecule has 4 aromatic rings. The Kier molecular flexibility index (Phi) is 5.67. The van der Waals surface area contributed by atoms with Crippen LogP contribution in [0.15, 0.2) is 73.1 Å². The van der Waals surface area contributed by atoms with Crippen LogP contribution in [0.4, 0.5) is 18.9 Å². The third kappa shape index (κ3) is 4.41. The number of benzene rings is 2. The molecule has 0 aliphatic carbocycles. The predicted octanol–water partition coefficient (Wildman–Crippen LogP) is 5.44. The minimum Gasteiger partial charge on any atom is -0.435 e. The van der Waals surface area contributed by atoms with E-state index in [-0.39, 0.29) is 11.3 Å². The topological polar surface area (TPSA) is 70.8 Å². The molecule has 0 saturated heterocycles. The van der Waals surface area contributed by atoms with Crippen LogP contribution in [0.3, 0.4) is 0 Å². The summed E-state index contributed by atoms with van der Waals surface area (Å²) in [5.41, 5.74) is 2.18. The monoisotopic (exact) mass is 420 g/mol. The van der Waals surface area contributed by atoms with Gasteiger partial charge in [-0.05, 0) is 48.0 Å². The average Bonchev–Trinajstić information content (AvgIpc) is 2.77. The maximum absolute atomic E-state index is 14.0. The highest BCUT2D eigenvalue weighted by molar-refractivity contribution is 5.95. The zero-order valence-electron chi connectivity index (χ0n) is 16.0. The van der Waals surface area contributed by atoms with Crippen LogP contribution >= 0.6 is 0 Å². The Morgan fingerprint density at radius 3 is 2.58 bits per heavy atom. The van der Waals surface area contributed by atoms with E-state index >= 15 is 0 Å². The van der Waals surface area contributed by atoms with Crippen LogP contribution in [-0.4, -0.2) is 16.6 Å². The summed E-state index contributed by atoms with van der Waals surface area (Å²) in [5, 5.41) is 13.3. The van der Waals surface area contributed by atoms with E-state index in [1.54, 1.807) is 36.5 Å². The molecule has 2 aromatic heterocycles. The smallest absolute Gasteiger partial charge is 0.387 e. The van der Waals surface area contributed by atoms with Crippen molar-refractivity contribution in [1.82, 2.24) is 9.97 Å². The van der Waals surface area contributed by atoms with Crippen molar-refractivity contribution in [2.24, 2.45) is 0 Å². The molecular weight excluding hydrogens is 405 g/mol. The molecule has 0 aliphatic heterocycles. The van der Waals surface area contributed by atoms with Gasteiger partial charge >= 0.3 is 6.61 Å². The fourth-order valence-electron chi connectivity index (χ4n) is 3.29. The van der Waals surface area contributed by atoms with Crippen LogP contribution in [0.1, 0.15) is 22.9 Å². The van der Waals surface area contributed by atoms with E-state index in [9.17, 15) is 18.4 Å². The highest BCUT2D eigenvalue weighted by Crippen LogP contribution is 2.34. The van der Waals surface area contributed by atoms with Crippen molar-refractivity contribution >= 4 is 16.6 Å². The Morgan fingerprint density at radius 1 is 1.00 bits per heavy atom. The van der Waals surface area contributed by atoms with Crippen molar-refractivity contribution in [2.45, 2.75) is 12.7 Å². The van der Waals surface area contributed by atoms with Crippen LogP contribution in [-0.2, 0) is 0 Å². The maximum atomic E-state index is 14.0. The van der Waals surface area contributed by atoms with Crippen LogP contribution in [0.2, 0.25) is 0 Å². The zero-order chi connectivity index (χ0) is 21.8. The number of hydrogen-bond acceptors (Lipinski definition) is 5. The summed E-state index contributed by atoms with van der Waals surface area (Å²) in [4.78, 5) is 8.59. The first-order valence-corrected chi connectivity index (χ1v) is 9.26. The highest BCUT2D eigenvalue weighted by atomic mass is 19.3. The molecule has 2 aromatic carbocycles. The first-order chi connectivity index (χ1) is 15.0. The quantitative estimate of drug-likeness (QED) is 0.450. The Morgan fingerprint density at radius 2 is 1.87 bits per heavy atom. The van der Waals surface area contributed by atoms with E-state index in [1.807, 2.05) is 0 Å². The van der Waals surface area contributed by atoms with Gasteiger partial charge in [0.1, 0.15) is 17.6 Å². The number of fused-ring (bicyclic) bond motifs is 1. The molecule has 0 radical (unpaired) electrons. The minimum absolute atomic E-state index is 0.0671. The number of rotatable bonds is 6. The molecule has 8 heteroatoms. The van der Waals surface area contributed by atoms with Crippen LogP contribution in [0.5, 0.6) is 5.75 Å². The van der Waals surface area contributed by atoms with Crippen molar-refractivity contribution < 1.29 is 17.9 Å². The average molecular weight is 420 g/mol. The van der Waals surface area contributed by atoms with Gasteiger partial charge in [0.2, 0.25) is 0 Å². The second kappa shape index (κ2) is 8.71. The number of halogens is 3. The number of nitriles is 1. The van der Waals surface area contributed by atoms with Crippen molar-refractivity contribution in [1.29, 1.82) is 5.26 Å². The van der Waals surface area contributed by atoms with Gasteiger partial charge < -0.3 is 10.1 Å². The fraction of sp³-hybridized carbons (Fsp3) is 0.0870. The summed E-state index contributed by atoms with van der Waals surface area (Å²) in [7, 11) is 0. The third-order valence-electron chi connectivity index (χ3n) is 4.64. The van der Waals surface area contributed by atoms with Gasteiger partial charge in [-0.15, -0.1) is 0 Å². The molecule has 0 spiro atoms. The van der Waals surface area contributed by atoms with Crippen LogP contribution < -0.4 is 10.1 Å². The van der Waals surface area contributed by atoms with E-state index < -0.39 is 18.5 Å². The number of nitrogens with one attached hydrogen (secondary N) is 1. The molecule has 154 valence electrons. The Hall–Kier alpha value is -4.12. The molecule has 31 heavy (non-hydrogen) atoms. The second-order valence-electron chi connectivity index (χ2n) is 6.60. The van der Waals surface area contributed by atoms with Gasteiger partial charge in [-0.1, -0.05) is 18.2 Å². The summed E-state index contributed by atoms with van der Waals surface area (Å²) in [5.74, 6) is -0.490. The third-order valence-corrected chi connectivity index (χ3v) is 4.64. The zero-order valence-corrected chi connectivity index (χ0v) is 16.0. The Labute approximate surface area is 175 Å². The Bertz CT molecular complexity index is 1260. The predicted molar refractivity (Wildman–Crippen MR) is 109 cm³/mol. The van der Waals surface area contributed by atoms with E-state index in [4.69, 9.17) is 0 Å². The molecule has 0 amide bonds. The first-order valence-electron chi connectivity index (χ1n) is 9.26. The summed E-state index contributed by atoms with van der Waals surface area (Å²) >= 11 is 0. The van der Waals surface area contributed by atoms with Crippen molar-refractivity contribution in [3.05, 3.63) is 95.7 Å². The lowest BCUT2D eigenvalue weighted by molar-refractivity contribution is -0.0497. The normalized spacial score (nSPS) is 11.8.